The van der Waals surface area contributed by atoms with Crippen molar-refractivity contribution >= 4 is 23.7 Å². The van der Waals surface area contributed by atoms with Crippen LogP contribution in [0.1, 0.15) is 12.0 Å². The number of nitrogens with one attached hydrogen (secondary N) is 2. The fourth-order valence-electron chi connectivity index (χ4n) is 2.04. The molecule has 0 saturated carbocycles. The molecule has 0 aliphatic carbocycles. The topological polar surface area (TPSA) is 103 Å². The molecule has 1 atom stereocenters. The number of carbonyl (C=O) groups is 2. The molecule has 120 valence electrons. The van der Waals surface area contributed by atoms with E-state index in [1.165, 1.54) is 0 Å². The van der Waals surface area contributed by atoms with E-state index >= 15 is 0 Å². The van der Waals surface area contributed by atoms with Crippen LogP contribution in [0.15, 0.2) is 18.2 Å². The first-order valence-electron chi connectivity index (χ1n) is 6.81. The largest absolute Gasteiger partial charge is 0.454 e. The van der Waals surface area contributed by atoms with Crippen molar-refractivity contribution in [3.63, 3.8) is 0 Å². The van der Waals surface area contributed by atoms with Crippen LogP contribution in [0.2, 0.25) is 0 Å². The minimum Gasteiger partial charge on any atom is -0.454 e. The summed E-state index contributed by atoms with van der Waals surface area (Å²) < 4.78 is 10.5. The van der Waals surface area contributed by atoms with Gasteiger partial charge >= 0.3 is 6.03 Å². The summed E-state index contributed by atoms with van der Waals surface area (Å²) >= 11 is 1.60. The van der Waals surface area contributed by atoms with Gasteiger partial charge in [0, 0.05) is 6.54 Å². The van der Waals surface area contributed by atoms with Crippen LogP contribution in [-0.4, -0.2) is 36.8 Å². The van der Waals surface area contributed by atoms with Gasteiger partial charge in [0.05, 0.1) is 0 Å². The summed E-state index contributed by atoms with van der Waals surface area (Å²) in [6.07, 6.45) is 2.46. The Morgan fingerprint density at radius 3 is 2.86 bits per heavy atom. The predicted molar refractivity (Wildman–Crippen MR) is 83.9 cm³/mol. The zero-order chi connectivity index (χ0) is 15.9. The summed E-state index contributed by atoms with van der Waals surface area (Å²) in [6.45, 7) is 0.552. The smallest absolute Gasteiger partial charge is 0.312 e. The molecule has 1 aliphatic rings. The number of nitrogens with two attached hydrogens (primary N) is 1. The van der Waals surface area contributed by atoms with Gasteiger partial charge in [0.1, 0.15) is 6.04 Å². The Hall–Kier alpha value is -2.09. The maximum atomic E-state index is 12.1. The van der Waals surface area contributed by atoms with Gasteiger partial charge in [-0.05, 0) is 36.1 Å². The zero-order valence-corrected chi connectivity index (χ0v) is 13.1. The van der Waals surface area contributed by atoms with Crippen LogP contribution >= 0.6 is 11.8 Å². The molecule has 1 aliphatic heterocycles. The van der Waals surface area contributed by atoms with E-state index in [1.807, 2.05) is 18.4 Å². The van der Waals surface area contributed by atoms with Gasteiger partial charge in [-0.25, -0.2) is 4.79 Å². The zero-order valence-electron chi connectivity index (χ0n) is 12.3. The molecular formula is C14H19N3O4S. The van der Waals surface area contributed by atoms with Crippen LogP contribution < -0.4 is 25.8 Å². The van der Waals surface area contributed by atoms with Crippen molar-refractivity contribution in [3.8, 4) is 11.5 Å². The Balaban J connectivity index is 1.90. The molecular weight excluding hydrogens is 306 g/mol. The second-order valence-electron chi connectivity index (χ2n) is 4.75. The SMILES string of the molecule is CSCC[C@@H](NC(N)=O)C(=O)NCc1ccc2c(c1)OCO2. The van der Waals surface area contributed by atoms with Crippen LogP contribution in [0.3, 0.4) is 0 Å². The van der Waals surface area contributed by atoms with Gasteiger partial charge < -0.3 is 25.8 Å². The van der Waals surface area contributed by atoms with E-state index in [0.29, 0.717) is 24.5 Å². The molecule has 2 rings (SSSR count). The van der Waals surface area contributed by atoms with E-state index in [9.17, 15) is 9.59 Å². The molecule has 4 N–H and O–H groups in total. The van der Waals surface area contributed by atoms with Crippen molar-refractivity contribution in [2.45, 2.75) is 19.0 Å². The molecule has 3 amide bonds. The van der Waals surface area contributed by atoms with Crippen molar-refractivity contribution < 1.29 is 19.1 Å². The van der Waals surface area contributed by atoms with Gasteiger partial charge in [0.2, 0.25) is 12.7 Å². The summed E-state index contributed by atoms with van der Waals surface area (Å²) in [7, 11) is 0. The summed E-state index contributed by atoms with van der Waals surface area (Å²) in [5.74, 6) is 1.86. The molecule has 0 aromatic heterocycles. The van der Waals surface area contributed by atoms with Gasteiger partial charge in [-0.1, -0.05) is 6.07 Å². The lowest BCUT2D eigenvalue weighted by Crippen LogP contribution is -2.48. The number of hydrogen-bond acceptors (Lipinski definition) is 5. The molecule has 0 radical (unpaired) electrons. The average Bonchev–Trinajstić information content (AvgIpc) is 2.96. The van der Waals surface area contributed by atoms with Gasteiger partial charge in [-0.3, -0.25) is 4.79 Å². The van der Waals surface area contributed by atoms with Crippen molar-refractivity contribution in [2.75, 3.05) is 18.8 Å². The number of benzene rings is 1. The second kappa shape index (κ2) is 7.79. The number of urea groups is 1. The molecule has 8 heteroatoms. The molecule has 1 aromatic carbocycles. The Morgan fingerprint density at radius 2 is 2.14 bits per heavy atom. The average molecular weight is 325 g/mol. The van der Waals surface area contributed by atoms with E-state index in [2.05, 4.69) is 10.6 Å². The fourth-order valence-corrected chi connectivity index (χ4v) is 2.51. The Morgan fingerprint density at radius 1 is 1.36 bits per heavy atom. The molecule has 1 aromatic rings. The minimum absolute atomic E-state index is 0.213. The lowest BCUT2D eigenvalue weighted by molar-refractivity contribution is -0.123. The highest BCUT2D eigenvalue weighted by Crippen LogP contribution is 2.32. The summed E-state index contributed by atoms with van der Waals surface area (Å²) in [6, 6.07) is 4.15. The molecule has 22 heavy (non-hydrogen) atoms. The van der Waals surface area contributed by atoms with Crippen molar-refractivity contribution in [1.82, 2.24) is 10.6 Å². The summed E-state index contributed by atoms with van der Waals surface area (Å²) in [4.78, 5) is 23.1. The lowest BCUT2D eigenvalue weighted by Gasteiger charge is -2.17. The van der Waals surface area contributed by atoms with Gasteiger partial charge in [0.15, 0.2) is 11.5 Å². The van der Waals surface area contributed by atoms with E-state index < -0.39 is 12.1 Å². The highest BCUT2D eigenvalue weighted by atomic mass is 32.2. The lowest BCUT2D eigenvalue weighted by atomic mass is 10.1. The van der Waals surface area contributed by atoms with Crippen molar-refractivity contribution in [2.24, 2.45) is 5.73 Å². The van der Waals surface area contributed by atoms with E-state index in [4.69, 9.17) is 15.2 Å². The van der Waals surface area contributed by atoms with E-state index in [0.717, 1.165) is 11.3 Å². The monoisotopic (exact) mass is 325 g/mol. The van der Waals surface area contributed by atoms with Crippen molar-refractivity contribution in [3.05, 3.63) is 23.8 Å². The van der Waals surface area contributed by atoms with Crippen LogP contribution in [0.5, 0.6) is 11.5 Å². The Bertz CT molecular complexity index is 553. The van der Waals surface area contributed by atoms with Crippen molar-refractivity contribution in [1.29, 1.82) is 0 Å². The molecule has 0 fully saturated rings. The third-order valence-electron chi connectivity index (χ3n) is 3.15. The van der Waals surface area contributed by atoms with Crippen LogP contribution in [0, 0.1) is 0 Å². The predicted octanol–water partition coefficient (Wildman–Crippen LogP) is 0.821. The van der Waals surface area contributed by atoms with Gasteiger partial charge in [-0.2, -0.15) is 11.8 Å². The maximum absolute atomic E-state index is 12.1. The minimum atomic E-state index is -0.704. The highest BCUT2D eigenvalue weighted by Gasteiger charge is 2.19. The molecule has 0 unspecified atom stereocenters. The standard InChI is InChI=1S/C14H19N3O4S/c1-22-5-4-10(17-14(15)19)13(18)16-7-9-2-3-11-12(6-9)21-8-20-11/h2-3,6,10H,4-5,7-8H2,1H3,(H,16,18)(H3,15,17,19)/t10-/m1/s1. The number of amides is 3. The summed E-state index contributed by atoms with van der Waals surface area (Å²) in [5.41, 5.74) is 5.99. The molecule has 1 heterocycles. The Labute approximate surface area is 132 Å². The van der Waals surface area contributed by atoms with Crippen LogP contribution in [-0.2, 0) is 11.3 Å². The van der Waals surface area contributed by atoms with E-state index in [1.54, 1.807) is 17.8 Å². The first-order valence-corrected chi connectivity index (χ1v) is 8.20. The maximum Gasteiger partial charge on any atom is 0.312 e. The number of rotatable bonds is 7. The van der Waals surface area contributed by atoms with Crippen LogP contribution in [0.25, 0.3) is 0 Å². The normalized spacial score (nSPS) is 13.5. The number of primary amides is 1. The van der Waals surface area contributed by atoms with Gasteiger partial charge in [0.25, 0.3) is 0 Å². The number of ether oxygens (including phenoxy) is 2. The van der Waals surface area contributed by atoms with E-state index in [-0.39, 0.29) is 12.7 Å². The summed E-state index contributed by atoms with van der Waals surface area (Å²) in [5, 5.41) is 5.25. The third-order valence-corrected chi connectivity index (χ3v) is 3.79. The number of carbonyl (C=O) groups excluding carboxylic acids is 2. The molecule has 0 bridgehead atoms. The molecule has 0 spiro atoms. The number of thioether (sulfide) groups is 1. The second-order valence-corrected chi connectivity index (χ2v) is 5.73. The van der Waals surface area contributed by atoms with Gasteiger partial charge in [-0.15, -0.1) is 0 Å². The fraction of sp³-hybridized carbons (Fsp3) is 0.429. The highest BCUT2D eigenvalue weighted by molar-refractivity contribution is 7.98. The first-order chi connectivity index (χ1) is 10.6. The van der Waals surface area contributed by atoms with Crippen LogP contribution in [0.4, 0.5) is 4.79 Å². The quantitative estimate of drug-likeness (QED) is 0.689. The first kappa shape index (κ1) is 16.3. The third kappa shape index (κ3) is 4.45. The molecule has 7 nitrogen and oxygen atoms in total. The number of hydrogen-bond donors (Lipinski definition) is 3. The molecule has 0 saturated heterocycles. The Kier molecular flexibility index (Phi) is 5.76. The number of fused-ring (bicyclic) bond motifs is 1.